The summed E-state index contributed by atoms with van der Waals surface area (Å²) in [6, 6.07) is 8.92. The molecule has 0 amide bonds. The highest BCUT2D eigenvalue weighted by molar-refractivity contribution is 5.79. The standard InChI is InChI=1S/C20H26N2/c1-2-16-3-4-22-20(16)10-13(1)11-21-12-19-17-6-14-5-15(8-17)9-18(19)7-14/h1-4,10,14-15,17-19,21-22H,5-9,11-12H2. The Bertz CT molecular complexity index is 643. The molecule has 0 saturated heterocycles. The fraction of sp³-hybridized carbons (Fsp3) is 0.600. The van der Waals surface area contributed by atoms with E-state index in [9.17, 15) is 0 Å². The number of hydrogen-bond donors (Lipinski definition) is 2. The molecule has 4 aliphatic carbocycles. The van der Waals surface area contributed by atoms with Crippen LogP contribution < -0.4 is 5.32 Å². The van der Waals surface area contributed by atoms with Gasteiger partial charge in [0, 0.05) is 18.3 Å². The number of rotatable bonds is 4. The van der Waals surface area contributed by atoms with E-state index in [1.165, 1.54) is 48.7 Å². The van der Waals surface area contributed by atoms with E-state index in [1.807, 2.05) is 6.20 Å². The van der Waals surface area contributed by atoms with E-state index < -0.39 is 0 Å². The van der Waals surface area contributed by atoms with Gasteiger partial charge in [-0.2, -0.15) is 0 Å². The Labute approximate surface area is 132 Å². The molecule has 4 fully saturated rings. The average Bonchev–Trinajstić information content (AvgIpc) is 2.97. The van der Waals surface area contributed by atoms with Crippen LogP contribution in [0.5, 0.6) is 0 Å². The van der Waals surface area contributed by atoms with Crippen molar-refractivity contribution >= 4 is 10.9 Å². The summed E-state index contributed by atoms with van der Waals surface area (Å²) in [6.45, 7) is 2.25. The van der Waals surface area contributed by atoms with Gasteiger partial charge in [-0.3, -0.25) is 0 Å². The molecule has 4 aliphatic rings. The maximum Gasteiger partial charge on any atom is 0.0457 e. The molecule has 1 aromatic heterocycles. The smallest absolute Gasteiger partial charge is 0.0457 e. The molecule has 0 unspecified atom stereocenters. The van der Waals surface area contributed by atoms with Crippen LogP contribution in [-0.4, -0.2) is 11.5 Å². The third-order valence-electron chi connectivity index (χ3n) is 6.75. The van der Waals surface area contributed by atoms with E-state index in [-0.39, 0.29) is 0 Å². The van der Waals surface area contributed by atoms with Crippen LogP contribution in [0.25, 0.3) is 10.9 Å². The van der Waals surface area contributed by atoms with Gasteiger partial charge in [-0.15, -0.1) is 0 Å². The second-order valence-electron chi connectivity index (χ2n) is 8.12. The van der Waals surface area contributed by atoms with Crippen molar-refractivity contribution < 1.29 is 0 Å². The zero-order valence-electron chi connectivity index (χ0n) is 13.2. The minimum absolute atomic E-state index is 0.960. The summed E-state index contributed by atoms with van der Waals surface area (Å²) in [5.74, 6) is 5.22. The van der Waals surface area contributed by atoms with Crippen molar-refractivity contribution in [3.63, 3.8) is 0 Å². The molecule has 0 atom stereocenters. The Morgan fingerprint density at radius 1 is 0.955 bits per heavy atom. The van der Waals surface area contributed by atoms with Gasteiger partial charge in [0.15, 0.2) is 0 Å². The third-order valence-corrected chi connectivity index (χ3v) is 6.75. The van der Waals surface area contributed by atoms with E-state index in [2.05, 4.69) is 34.6 Å². The second-order valence-corrected chi connectivity index (χ2v) is 8.12. The van der Waals surface area contributed by atoms with Crippen molar-refractivity contribution in [2.24, 2.45) is 29.6 Å². The molecule has 1 heterocycles. The van der Waals surface area contributed by atoms with Gasteiger partial charge in [-0.1, -0.05) is 12.1 Å². The minimum Gasteiger partial charge on any atom is -0.361 e. The number of fused-ring (bicyclic) bond motifs is 1. The lowest BCUT2D eigenvalue weighted by atomic mass is 9.52. The third kappa shape index (κ3) is 2.20. The summed E-state index contributed by atoms with van der Waals surface area (Å²) in [4.78, 5) is 3.31. The van der Waals surface area contributed by atoms with Gasteiger partial charge in [-0.25, -0.2) is 0 Å². The number of benzene rings is 1. The molecule has 116 valence electrons. The fourth-order valence-corrected chi connectivity index (χ4v) is 5.96. The molecule has 1 aromatic carbocycles. The maximum atomic E-state index is 3.77. The van der Waals surface area contributed by atoms with Crippen LogP contribution in [0.4, 0.5) is 0 Å². The Morgan fingerprint density at radius 2 is 1.73 bits per heavy atom. The highest BCUT2D eigenvalue weighted by atomic mass is 14.9. The van der Waals surface area contributed by atoms with Crippen molar-refractivity contribution in [2.75, 3.05) is 6.54 Å². The Balaban J connectivity index is 1.22. The average molecular weight is 294 g/mol. The first-order chi connectivity index (χ1) is 10.8. The van der Waals surface area contributed by atoms with Crippen molar-refractivity contribution in [1.82, 2.24) is 10.3 Å². The van der Waals surface area contributed by atoms with E-state index in [0.29, 0.717) is 0 Å². The molecule has 0 spiro atoms. The summed E-state index contributed by atoms with van der Waals surface area (Å²) < 4.78 is 0. The normalized spacial score (nSPS) is 36.3. The van der Waals surface area contributed by atoms with Crippen molar-refractivity contribution in [3.8, 4) is 0 Å². The van der Waals surface area contributed by atoms with Crippen molar-refractivity contribution in [3.05, 3.63) is 36.0 Å². The Hall–Kier alpha value is -1.28. The highest BCUT2D eigenvalue weighted by Gasteiger charge is 2.47. The molecular weight excluding hydrogens is 268 g/mol. The topological polar surface area (TPSA) is 27.8 Å². The van der Waals surface area contributed by atoms with Crippen LogP contribution in [-0.2, 0) is 6.54 Å². The van der Waals surface area contributed by atoms with Crippen LogP contribution in [0.1, 0.15) is 37.7 Å². The predicted molar refractivity (Wildman–Crippen MR) is 90.5 cm³/mol. The van der Waals surface area contributed by atoms with Gasteiger partial charge in [0.2, 0.25) is 0 Å². The monoisotopic (exact) mass is 294 g/mol. The second kappa shape index (κ2) is 5.13. The van der Waals surface area contributed by atoms with Crippen LogP contribution in [0.2, 0.25) is 0 Å². The van der Waals surface area contributed by atoms with E-state index in [0.717, 1.165) is 36.1 Å². The van der Waals surface area contributed by atoms with E-state index >= 15 is 0 Å². The molecule has 0 aliphatic heterocycles. The Morgan fingerprint density at radius 3 is 2.50 bits per heavy atom. The molecular formula is C20H26N2. The van der Waals surface area contributed by atoms with E-state index in [1.54, 1.807) is 6.42 Å². The van der Waals surface area contributed by atoms with Crippen LogP contribution in [0.15, 0.2) is 30.5 Å². The first-order valence-corrected chi connectivity index (χ1v) is 9.12. The molecule has 6 rings (SSSR count). The minimum atomic E-state index is 0.960. The van der Waals surface area contributed by atoms with Crippen molar-refractivity contribution in [2.45, 2.75) is 38.6 Å². The molecule has 0 radical (unpaired) electrons. The molecule has 22 heavy (non-hydrogen) atoms. The Kier molecular flexibility index (Phi) is 3.07. The van der Waals surface area contributed by atoms with Crippen molar-refractivity contribution in [1.29, 1.82) is 0 Å². The molecule has 2 aromatic rings. The van der Waals surface area contributed by atoms with Gasteiger partial charge < -0.3 is 10.3 Å². The molecule has 2 nitrogen and oxygen atoms in total. The van der Waals surface area contributed by atoms with Gasteiger partial charge in [0.25, 0.3) is 0 Å². The first kappa shape index (κ1) is 13.2. The van der Waals surface area contributed by atoms with Crippen LogP contribution in [0.3, 0.4) is 0 Å². The summed E-state index contributed by atoms with van der Waals surface area (Å²) in [5.41, 5.74) is 2.66. The number of nitrogens with one attached hydrogen (secondary N) is 2. The number of hydrogen-bond acceptors (Lipinski definition) is 1. The summed E-state index contributed by atoms with van der Waals surface area (Å²) >= 11 is 0. The number of H-pyrrole nitrogens is 1. The summed E-state index contributed by atoms with van der Waals surface area (Å²) in [5, 5.41) is 5.08. The molecule has 2 heteroatoms. The molecule has 2 N–H and O–H groups in total. The summed E-state index contributed by atoms with van der Waals surface area (Å²) in [7, 11) is 0. The maximum absolute atomic E-state index is 3.77. The van der Waals surface area contributed by atoms with E-state index in [4.69, 9.17) is 0 Å². The first-order valence-electron chi connectivity index (χ1n) is 9.12. The predicted octanol–water partition coefficient (Wildman–Crippen LogP) is 4.33. The lowest BCUT2D eigenvalue weighted by Crippen LogP contribution is -2.48. The quantitative estimate of drug-likeness (QED) is 0.863. The van der Waals surface area contributed by atoms with Gasteiger partial charge in [-0.05, 0) is 91.3 Å². The van der Waals surface area contributed by atoms with Crippen LogP contribution >= 0.6 is 0 Å². The number of aromatic nitrogens is 1. The SMILES string of the molecule is c1cc2ccc(CNCC3C4CC5CC(C4)CC3C5)cc2[nH]1. The number of aromatic amines is 1. The molecule has 4 saturated carbocycles. The largest absolute Gasteiger partial charge is 0.361 e. The summed E-state index contributed by atoms with van der Waals surface area (Å²) in [6.07, 6.45) is 9.73. The van der Waals surface area contributed by atoms with Gasteiger partial charge >= 0.3 is 0 Å². The lowest BCUT2D eigenvalue weighted by molar-refractivity contribution is -0.0355. The van der Waals surface area contributed by atoms with Crippen LogP contribution in [0, 0.1) is 29.6 Å². The van der Waals surface area contributed by atoms with Gasteiger partial charge in [0.05, 0.1) is 0 Å². The lowest BCUT2D eigenvalue weighted by Gasteiger charge is -2.54. The zero-order chi connectivity index (χ0) is 14.5. The molecule has 4 bridgehead atoms. The zero-order valence-corrected chi connectivity index (χ0v) is 13.2. The highest BCUT2D eigenvalue weighted by Crippen LogP contribution is 2.56. The fourth-order valence-electron chi connectivity index (χ4n) is 5.96. The van der Waals surface area contributed by atoms with Gasteiger partial charge in [0.1, 0.15) is 0 Å².